The van der Waals surface area contributed by atoms with Gasteiger partial charge in [0, 0.05) is 27.6 Å². The molecular formula is C23H27IN2. The first-order valence-electron chi connectivity index (χ1n) is 9.15. The molecule has 0 unspecified atom stereocenters. The summed E-state index contributed by atoms with van der Waals surface area (Å²) < 4.78 is 1.27. The molecule has 1 aliphatic heterocycles. The Balaban J connectivity index is 2.02. The lowest BCUT2D eigenvalue weighted by molar-refractivity contribution is 0.566. The molecule has 0 aliphatic carbocycles. The highest BCUT2D eigenvalue weighted by molar-refractivity contribution is 14.1. The fraction of sp³-hybridized carbons (Fsp3) is 0.348. The van der Waals surface area contributed by atoms with Crippen LogP contribution < -0.4 is 4.90 Å². The van der Waals surface area contributed by atoms with Crippen molar-refractivity contribution in [2.75, 3.05) is 11.4 Å². The SMILES string of the molecule is CCN1c2cc(C)c(C=Nc3ccc(I)c(C)c3)cc2C(C)=CC1(C)C. The summed E-state index contributed by atoms with van der Waals surface area (Å²) in [5.41, 5.74) is 8.75. The second-order valence-corrected chi connectivity index (χ2v) is 8.81. The standard InChI is InChI=1S/C23H27IN2/c1-7-26-22-11-15(2)18(12-20(22)17(4)13-23(26,5)6)14-25-19-8-9-21(24)16(3)10-19/h8-14H,7H2,1-6H3. The number of halogens is 1. The fourth-order valence-electron chi connectivity index (χ4n) is 3.81. The summed E-state index contributed by atoms with van der Waals surface area (Å²) in [4.78, 5) is 7.20. The molecule has 0 saturated carbocycles. The summed E-state index contributed by atoms with van der Waals surface area (Å²) in [6.07, 6.45) is 4.37. The molecule has 1 aliphatic rings. The van der Waals surface area contributed by atoms with Gasteiger partial charge < -0.3 is 4.90 Å². The molecular weight excluding hydrogens is 431 g/mol. The number of nitrogens with zero attached hydrogens (tertiary/aromatic N) is 2. The Kier molecular flexibility index (Phi) is 5.29. The third-order valence-electron chi connectivity index (χ3n) is 5.18. The number of fused-ring (bicyclic) bond motifs is 1. The van der Waals surface area contributed by atoms with Crippen molar-refractivity contribution in [2.24, 2.45) is 4.99 Å². The average molecular weight is 458 g/mol. The van der Waals surface area contributed by atoms with Crippen LogP contribution in [0.25, 0.3) is 5.57 Å². The molecule has 0 bridgehead atoms. The van der Waals surface area contributed by atoms with E-state index in [1.807, 2.05) is 6.21 Å². The van der Waals surface area contributed by atoms with E-state index in [1.165, 1.54) is 37.1 Å². The van der Waals surface area contributed by atoms with E-state index in [9.17, 15) is 0 Å². The van der Waals surface area contributed by atoms with Crippen molar-refractivity contribution >= 4 is 45.8 Å². The maximum atomic E-state index is 4.72. The van der Waals surface area contributed by atoms with Crippen molar-refractivity contribution < 1.29 is 0 Å². The van der Waals surface area contributed by atoms with Gasteiger partial charge in [-0.05, 0) is 117 Å². The van der Waals surface area contributed by atoms with Gasteiger partial charge in [-0.15, -0.1) is 0 Å². The molecule has 3 heteroatoms. The zero-order valence-electron chi connectivity index (χ0n) is 16.5. The maximum Gasteiger partial charge on any atom is 0.0633 e. The maximum absolute atomic E-state index is 4.72. The van der Waals surface area contributed by atoms with Crippen LogP contribution in [0.5, 0.6) is 0 Å². The van der Waals surface area contributed by atoms with Crippen molar-refractivity contribution in [3.63, 3.8) is 0 Å². The van der Waals surface area contributed by atoms with Gasteiger partial charge in [0.05, 0.1) is 11.2 Å². The monoisotopic (exact) mass is 458 g/mol. The third-order valence-corrected chi connectivity index (χ3v) is 6.39. The van der Waals surface area contributed by atoms with Crippen LogP contribution in [-0.4, -0.2) is 18.3 Å². The van der Waals surface area contributed by atoms with Crippen LogP contribution in [0.1, 0.15) is 49.9 Å². The first-order chi connectivity index (χ1) is 12.2. The van der Waals surface area contributed by atoms with E-state index >= 15 is 0 Å². The van der Waals surface area contributed by atoms with Crippen molar-refractivity contribution in [2.45, 2.75) is 47.1 Å². The van der Waals surface area contributed by atoms with Crippen LogP contribution in [-0.2, 0) is 0 Å². The molecule has 0 aromatic heterocycles. The topological polar surface area (TPSA) is 15.6 Å². The quantitative estimate of drug-likeness (QED) is 0.370. The summed E-state index contributed by atoms with van der Waals surface area (Å²) in [5.74, 6) is 0. The average Bonchev–Trinajstić information content (AvgIpc) is 2.56. The van der Waals surface area contributed by atoms with Crippen LogP contribution in [0.3, 0.4) is 0 Å². The van der Waals surface area contributed by atoms with Crippen molar-refractivity contribution in [1.82, 2.24) is 0 Å². The van der Waals surface area contributed by atoms with Gasteiger partial charge in [0.1, 0.15) is 0 Å². The lowest BCUT2D eigenvalue weighted by Gasteiger charge is -2.43. The van der Waals surface area contributed by atoms with E-state index in [1.54, 1.807) is 0 Å². The minimum Gasteiger partial charge on any atom is -0.363 e. The summed E-state index contributed by atoms with van der Waals surface area (Å²) in [5, 5.41) is 0. The van der Waals surface area contributed by atoms with Gasteiger partial charge in [-0.25, -0.2) is 0 Å². The number of hydrogen-bond acceptors (Lipinski definition) is 2. The smallest absolute Gasteiger partial charge is 0.0633 e. The molecule has 2 nitrogen and oxygen atoms in total. The predicted octanol–water partition coefficient (Wildman–Crippen LogP) is 6.68. The first-order valence-corrected chi connectivity index (χ1v) is 10.2. The largest absolute Gasteiger partial charge is 0.363 e. The zero-order chi connectivity index (χ0) is 19.1. The first kappa shape index (κ1) is 19.2. The highest BCUT2D eigenvalue weighted by Crippen LogP contribution is 2.39. The number of aliphatic imine (C=N–C) groups is 1. The van der Waals surface area contributed by atoms with Crippen LogP contribution in [0.4, 0.5) is 11.4 Å². The summed E-state index contributed by atoms with van der Waals surface area (Å²) in [7, 11) is 0. The molecule has 0 atom stereocenters. The molecule has 26 heavy (non-hydrogen) atoms. The lowest BCUT2D eigenvalue weighted by atomic mass is 9.87. The van der Waals surface area contributed by atoms with E-state index in [0.29, 0.717) is 0 Å². The Labute approximate surface area is 171 Å². The number of likely N-dealkylation sites (N-methyl/N-ethyl adjacent to an activating group) is 1. The molecule has 0 spiro atoms. The number of aryl methyl sites for hydroxylation is 2. The Morgan fingerprint density at radius 1 is 1.08 bits per heavy atom. The van der Waals surface area contributed by atoms with Crippen molar-refractivity contribution in [1.29, 1.82) is 0 Å². The van der Waals surface area contributed by atoms with Gasteiger partial charge in [0.2, 0.25) is 0 Å². The summed E-state index contributed by atoms with van der Waals surface area (Å²) >= 11 is 2.36. The van der Waals surface area contributed by atoms with Crippen LogP contribution >= 0.6 is 22.6 Å². The van der Waals surface area contributed by atoms with E-state index in [0.717, 1.165) is 12.2 Å². The molecule has 136 valence electrons. The predicted molar refractivity (Wildman–Crippen MR) is 123 cm³/mol. The second-order valence-electron chi connectivity index (χ2n) is 7.64. The highest BCUT2D eigenvalue weighted by Gasteiger charge is 2.30. The van der Waals surface area contributed by atoms with E-state index in [-0.39, 0.29) is 5.54 Å². The van der Waals surface area contributed by atoms with Gasteiger partial charge in [-0.2, -0.15) is 0 Å². The lowest BCUT2D eigenvalue weighted by Crippen LogP contribution is -2.45. The fourth-order valence-corrected chi connectivity index (χ4v) is 4.15. The van der Waals surface area contributed by atoms with E-state index < -0.39 is 0 Å². The van der Waals surface area contributed by atoms with E-state index in [2.05, 4.69) is 105 Å². The van der Waals surface area contributed by atoms with Gasteiger partial charge in [0.15, 0.2) is 0 Å². The van der Waals surface area contributed by atoms with E-state index in [4.69, 9.17) is 4.99 Å². The Morgan fingerprint density at radius 3 is 2.46 bits per heavy atom. The van der Waals surface area contributed by atoms with Crippen molar-refractivity contribution in [3.05, 3.63) is 62.2 Å². The molecule has 0 amide bonds. The van der Waals surface area contributed by atoms with Crippen molar-refractivity contribution in [3.8, 4) is 0 Å². The summed E-state index contributed by atoms with van der Waals surface area (Å²) in [6, 6.07) is 10.9. The molecule has 0 radical (unpaired) electrons. The number of anilines is 1. The van der Waals surface area contributed by atoms with Gasteiger partial charge in [-0.1, -0.05) is 6.08 Å². The Morgan fingerprint density at radius 2 is 1.81 bits per heavy atom. The van der Waals surface area contributed by atoms with Gasteiger partial charge >= 0.3 is 0 Å². The van der Waals surface area contributed by atoms with Crippen LogP contribution in [0, 0.1) is 17.4 Å². The zero-order valence-corrected chi connectivity index (χ0v) is 18.7. The number of rotatable bonds is 3. The third kappa shape index (κ3) is 3.59. The molecule has 0 fully saturated rings. The molecule has 0 saturated heterocycles. The number of allylic oxidation sites excluding steroid dienone is 1. The molecule has 3 rings (SSSR count). The molecule has 0 N–H and O–H groups in total. The van der Waals surface area contributed by atoms with Crippen LogP contribution in [0.2, 0.25) is 0 Å². The molecule has 2 aromatic carbocycles. The highest BCUT2D eigenvalue weighted by atomic mass is 127. The number of hydrogen-bond donors (Lipinski definition) is 0. The second kappa shape index (κ2) is 7.18. The molecule has 1 heterocycles. The minimum absolute atomic E-state index is 0.0482. The Bertz CT molecular complexity index is 907. The normalized spacial score (nSPS) is 16.0. The van der Waals surface area contributed by atoms with Gasteiger partial charge in [-0.3, -0.25) is 4.99 Å². The van der Waals surface area contributed by atoms with Gasteiger partial charge in [0.25, 0.3) is 0 Å². The Hall–Kier alpha value is -1.62. The number of benzene rings is 2. The van der Waals surface area contributed by atoms with Crippen LogP contribution in [0.15, 0.2) is 41.4 Å². The minimum atomic E-state index is 0.0482. The molecule has 2 aromatic rings. The summed E-state index contributed by atoms with van der Waals surface area (Å²) in [6.45, 7) is 14.3.